The minimum Gasteiger partial charge on any atom is -0.378 e. The molecule has 0 N–H and O–H groups in total. The van der Waals surface area contributed by atoms with E-state index >= 15 is 0 Å². The summed E-state index contributed by atoms with van der Waals surface area (Å²) in [6, 6.07) is 3.28. The van der Waals surface area contributed by atoms with Gasteiger partial charge in [0, 0.05) is 37.4 Å². The zero-order valence-corrected chi connectivity index (χ0v) is 14.1. The third kappa shape index (κ3) is 2.96. The molecule has 2 unspecified atom stereocenters. The monoisotopic (exact) mass is 374 g/mol. The number of aryl methyl sites for hydroxylation is 1. The van der Waals surface area contributed by atoms with Crippen molar-refractivity contribution in [1.29, 1.82) is 0 Å². The normalized spacial score (nSPS) is 22.3. The highest BCUT2D eigenvalue weighted by molar-refractivity contribution is 9.10. The van der Waals surface area contributed by atoms with Crippen molar-refractivity contribution in [2.45, 2.75) is 32.4 Å². The molecule has 1 aliphatic heterocycles. The number of benzene rings is 1. The van der Waals surface area contributed by atoms with E-state index in [0.29, 0.717) is 28.2 Å². The zero-order chi connectivity index (χ0) is 15.0. The highest BCUT2D eigenvalue weighted by Crippen LogP contribution is 2.28. The Hall–Kier alpha value is -0.650. The van der Waals surface area contributed by atoms with Crippen LogP contribution in [0, 0.1) is 11.7 Å². The molecule has 1 saturated heterocycles. The van der Waals surface area contributed by atoms with Crippen molar-refractivity contribution in [3.63, 3.8) is 0 Å². The standard InChI is InChI=1S/C15H17BrClFN2O/c1-9-10(3-5-21-9)8-20-14-6-11(16)12(18)7-13(14)19-15(20)2-4-17/h6-7,9-10H,2-5,8H2,1H3. The number of imidazole rings is 1. The summed E-state index contributed by atoms with van der Waals surface area (Å²) in [5.41, 5.74) is 1.63. The fourth-order valence-corrected chi connectivity index (χ4v) is 3.40. The number of hydrogen-bond donors (Lipinski definition) is 0. The van der Waals surface area contributed by atoms with Crippen LogP contribution in [0.15, 0.2) is 16.6 Å². The van der Waals surface area contributed by atoms with E-state index in [2.05, 4.69) is 32.4 Å². The van der Waals surface area contributed by atoms with Gasteiger partial charge in [-0.3, -0.25) is 0 Å². The molecule has 21 heavy (non-hydrogen) atoms. The van der Waals surface area contributed by atoms with Gasteiger partial charge < -0.3 is 9.30 Å². The topological polar surface area (TPSA) is 27.1 Å². The Kier molecular flexibility index (Phi) is 4.52. The number of nitrogens with zero attached hydrogens (tertiary/aromatic N) is 2. The lowest BCUT2D eigenvalue weighted by Gasteiger charge is -2.17. The Bertz CT molecular complexity index is 661. The molecule has 114 valence electrons. The molecule has 2 aromatic rings. The second kappa shape index (κ2) is 6.23. The number of ether oxygens (including phenoxy) is 1. The Morgan fingerprint density at radius 3 is 3.00 bits per heavy atom. The first-order valence-corrected chi connectivity index (χ1v) is 8.44. The predicted octanol–water partition coefficient (Wildman–Crippen LogP) is 4.14. The maximum atomic E-state index is 13.7. The third-order valence-corrected chi connectivity index (χ3v) is 4.93. The van der Waals surface area contributed by atoms with Crippen molar-refractivity contribution in [3.05, 3.63) is 28.2 Å². The van der Waals surface area contributed by atoms with Gasteiger partial charge in [0.25, 0.3) is 0 Å². The number of fused-ring (bicyclic) bond motifs is 1. The van der Waals surface area contributed by atoms with Crippen LogP contribution in [0.3, 0.4) is 0 Å². The molecule has 1 aromatic carbocycles. The Morgan fingerprint density at radius 1 is 1.52 bits per heavy atom. The van der Waals surface area contributed by atoms with Crippen molar-refractivity contribution >= 4 is 38.6 Å². The number of rotatable bonds is 4. The summed E-state index contributed by atoms with van der Waals surface area (Å²) in [5.74, 6) is 1.59. The molecule has 0 amide bonds. The second-order valence-electron chi connectivity index (χ2n) is 5.46. The highest BCUT2D eigenvalue weighted by atomic mass is 79.9. The van der Waals surface area contributed by atoms with Crippen LogP contribution < -0.4 is 0 Å². The van der Waals surface area contributed by atoms with Gasteiger partial charge in [-0.25, -0.2) is 9.37 Å². The van der Waals surface area contributed by atoms with Gasteiger partial charge in [0.1, 0.15) is 11.6 Å². The lowest BCUT2D eigenvalue weighted by atomic mass is 10.0. The van der Waals surface area contributed by atoms with Gasteiger partial charge in [-0.1, -0.05) is 0 Å². The third-order valence-electron chi connectivity index (χ3n) is 4.14. The van der Waals surface area contributed by atoms with E-state index in [1.54, 1.807) is 6.07 Å². The van der Waals surface area contributed by atoms with Crippen molar-refractivity contribution < 1.29 is 9.13 Å². The summed E-state index contributed by atoms with van der Waals surface area (Å²) in [7, 11) is 0. The van der Waals surface area contributed by atoms with E-state index in [1.807, 2.05) is 0 Å². The lowest BCUT2D eigenvalue weighted by molar-refractivity contribution is 0.102. The molecule has 0 radical (unpaired) electrons. The summed E-state index contributed by atoms with van der Waals surface area (Å²) in [6.07, 6.45) is 1.97. The molecule has 0 aliphatic carbocycles. The number of aromatic nitrogens is 2. The van der Waals surface area contributed by atoms with Gasteiger partial charge in [0.05, 0.1) is 21.6 Å². The summed E-state index contributed by atoms with van der Waals surface area (Å²) in [5, 5.41) is 0. The molecule has 3 nitrogen and oxygen atoms in total. The molecule has 0 bridgehead atoms. The van der Waals surface area contributed by atoms with Crippen LogP contribution in [-0.2, 0) is 17.7 Å². The summed E-state index contributed by atoms with van der Waals surface area (Å²) >= 11 is 9.14. The van der Waals surface area contributed by atoms with Crippen molar-refractivity contribution in [2.75, 3.05) is 12.5 Å². The average molecular weight is 376 g/mol. The fourth-order valence-electron chi connectivity index (χ4n) is 2.90. The first kappa shape index (κ1) is 15.3. The average Bonchev–Trinajstić information content (AvgIpc) is 2.98. The molecular formula is C15H17BrClFN2O. The largest absolute Gasteiger partial charge is 0.378 e. The van der Waals surface area contributed by atoms with E-state index in [4.69, 9.17) is 16.3 Å². The minimum absolute atomic E-state index is 0.246. The van der Waals surface area contributed by atoms with Crippen LogP contribution in [0.4, 0.5) is 4.39 Å². The molecule has 1 aromatic heterocycles. The molecule has 1 fully saturated rings. The predicted molar refractivity (Wildman–Crippen MR) is 85.3 cm³/mol. The van der Waals surface area contributed by atoms with E-state index in [1.165, 1.54) is 6.07 Å². The molecule has 6 heteroatoms. The van der Waals surface area contributed by atoms with Gasteiger partial charge in [-0.2, -0.15) is 0 Å². The Morgan fingerprint density at radius 2 is 2.33 bits per heavy atom. The van der Waals surface area contributed by atoms with Crippen LogP contribution in [0.2, 0.25) is 0 Å². The smallest absolute Gasteiger partial charge is 0.139 e. The summed E-state index contributed by atoms with van der Waals surface area (Å²) in [6.45, 7) is 3.75. The van der Waals surface area contributed by atoms with Crippen molar-refractivity contribution in [1.82, 2.24) is 9.55 Å². The van der Waals surface area contributed by atoms with Gasteiger partial charge >= 0.3 is 0 Å². The van der Waals surface area contributed by atoms with Crippen LogP contribution in [0.25, 0.3) is 11.0 Å². The van der Waals surface area contributed by atoms with Gasteiger partial charge in [0.15, 0.2) is 0 Å². The maximum Gasteiger partial charge on any atom is 0.139 e. The minimum atomic E-state index is -0.290. The first-order valence-electron chi connectivity index (χ1n) is 7.12. The SMILES string of the molecule is CC1OCCC1Cn1c(CCCl)nc2cc(F)c(Br)cc21. The van der Waals surface area contributed by atoms with E-state index < -0.39 is 0 Å². The Labute approximate surface area is 136 Å². The number of halogens is 3. The molecule has 0 saturated carbocycles. The van der Waals surface area contributed by atoms with Crippen LogP contribution in [0.1, 0.15) is 19.2 Å². The van der Waals surface area contributed by atoms with Crippen LogP contribution in [-0.4, -0.2) is 28.1 Å². The van der Waals surface area contributed by atoms with Crippen molar-refractivity contribution in [2.24, 2.45) is 5.92 Å². The molecular weight excluding hydrogens is 359 g/mol. The second-order valence-corrected chi connectivity index (χ2v) is 6.69. The molecule has 0 spiro atoms. The molecule has 2 heterocycles. The van der Waals surface area contributed by atoms with Crippen molar-refractivity contribution in [3.8, 4) is 0 Å². The van der Waals surface area contributed by atoms with E-state index in [-0.39, 0.29) is 11.9 Å². The zero-order valence-electron chi connectivity index (χ0n) is 11.8. The van der Waals surface area contributed by atoms with Gasteiger partial charge in [-0.05, 0) is 35.3 Å². The maximum absolute atomic E-state index is 13.7. The Balaban J connectivity index is 2.04. The number of hydrogen-bond acceptors (Lipinski definition) is 2. The summed E-state index contributed by atoms with van der Waals surface area (Å²) in [4.78, 5) is 4.55. The quantitative estimate of drug-likeness (QED) is 0.751. The van der Waals surface area contributed by atoms with Gasteiger partial charge in [0.2, 0.25) is 0 Å². The van der Waals surface area contributed by atoms with Gasteiger partial charge in [-0.15, -0.1) is 11.6 Å². The lowest BCUT2D eigenvalue weighted by Crippen LogP contribution is -2.19. The van der Waals surface area contributed by atoms with Crippen LogP contribution in [0.5, 0.6) is 0 Å². The molecule has 3 rings (SSSR count). The highest BCUT2D eigenvalue weighted by Gasteiger charge is 2.26. The van der Waals surface area contributed by atoms with E-state index in [0.717, 1.165) is 30.9 Å². The summed E-state index contributed by atoms with van der Waals surface area (Å²) < 4.78 is 22.0. The molecule has 1 aliphatic rings. The fraction of sp³-hybridized carbons (Fsp3) is 0.533. The molecule has 2 atom stereocenters. The number of alkyl halides is 1. The van der Waals surface area contributed by atoms with E-state index in [9.17, 15) is 4.39 Å². The van der Waals surface area contributed by atoms with Crippen LogP contribution >= 0.6 is 27.5 Å². The first-order chi connectivity index (χ1) is 10.1.